The lowest BCUT2D eigenvalue weighted by Gasteiger charge is -2.31. The number of aliphatic hydroxyl groups excluding tert-OH is 2. The smallest absolute Gasteiger partial charge is 0.225 e. The highest BCUT2D eigenvalue weighted by molar-refractivity contribution is 5.50. The summed E-state index contributed by atoms with van der Waals surface area (Å²) in [5.74, 6) is 2.40. The third-order valence-electron chi connectivity index (χ3n) is 6.09. The number of benzene rings is 1. The van der Waals surface area contributed by atoms with Crippen molar-refractivity contribution in [3.8, 4) is 0 Å². The molecule has 29 heavy (non-hydrogen) atoms. The zero-order chi connectivity index (χ0) is 20.5. The Hall–Kier alpha value is -2.18. The van der Waals surface area contributed by atoms with Gasteiger partial charge in [-0.05, 0) is 48.8 Å². The van der Waals surface area contributed by atoms with E-state index in [2.05, 4.69) is 42.3 Å². The van der Waals surface area contributed by atoms with Crippen LogP contribution in [0, 0.1) is 5.92 Å². The molecule has 4 rings (SSSR count). The Morgan fingerprint density at radius 2 is 1.93 bits per heavy atom. The Morgan fingerprint density at radius 3 is 2.59 bits per heavy atom. The second-order valence-corrected chi connectivity index (χ2v) is 8.80. The molecule has 2 aromatic rings. The number of hydrogen-bond donors (Lipinski definition) is 3. The second kappa shape index (κ2) is 8.28. The van der Waals surface area contributed by atoms with Crippen molar-refractivity contribution in [2.45, 2.75) is 64.6 Å². The van der Waals surface area contributed by atoms with Gasteiger partial charge in [-0.2, -0.15) is 4.98 Å². The number of fused-ring (bicyclic) bond motifs is 1. The molecule has 0 amide bonds. The summed E-state index contributed by atoms with van der Waals surface area (Å²) in [5.41, 5.74) is 4.69. The molecule has 1 saturated carbocycles. The molecule has 3 N–H and O–H groups in total. The van der Waals surface area contributed by atoms with E-state index in [1.54, 1.807) is 0 Å². The van der Waals surface area contributed by atoms with Gasteiger partial charge in [0.2, 0.25) is 5.95 Å². The van der Waals surface area contributed by atoms with E-state index in [4.69, 9.17) is 9.97 Å². The molecule has 1 fully saturated rings. The fourth-order valence-electron chi connectivity index (χ4n) is 3.88. The van der Waals surface area contributed by atoms with Crippen molar-refractivity contribution in [3.05, 3.63) is 46.6 Å². The van der Waals surface area contributed by atoms with Crippen molar-refractivity contribution in [2.24, 2.45) is 5.92 Å². The van der Waals surface area contributed by atoms with Crippen molar-refractivity contribution in [3.63, 3.8) is 0 Å². The molecule has 6 heteroatoms. The highest BCUT2D eigenvalue weighted by Crippen LogP contribution is 2.40. The van der Waals surface area contributed by atoms with E-state index in [-0.39, 0.29) is 12.6 Å². The summed E-state index contributed by atoms with van der Waals surface area (Å²) in [4.78, 5) is 11.9. The van der Waals surface area contributed by atoms with E-state index in [1.807, 2.05) is 13.0 Å². The van der Waals surface area contributed by atoms with Crippen molar-refractivity contribution in [2.75, 3.05) is 23.4 Å². The molecular weight excluding hydrogens is 364 g/mol. The minimum absolute atomic E-state index is 0.0572. The van der Waals surface area contributed by atoms with Crippen LogP contribution >= 0.6 is 0 Å². The molecule has 0 radical (unpaired) electrons. The number of anilines is 2. The van der Waals surface area contributed by atoms with Gasteiger partial charge in [-0.25, -0.2) is 4.98 Å². The van der Waals surface area contributed by atoms with Gasteiger partial charge < -0.3 is 20.4 Å². The Morgan fingerprint density at radius 1 is 1.14 bits per heavy atom. The first-order chi connectivity index (χ1) is 13.9. The lowest BCUT2D eigenvalue weighted by molar-refractivity contribution is 0.199. The first-order valence-corrected chi connectivity index (χ1v) is 10.8. The van der Waals surface area contributed by atoms with Crippen molar-refractivity contribution >= 4 is 11.8 Å². The minimum Gasteiger partial charge on any atom is -0.394 e. The molecule has 0 bridgehead atoms. The summed E-state index contributed by atoms with van der Waals surface area (Å²) in [5, 5.41) is 22.9. The molecule has 1 aromatic carbocycles. The monoisotopic (exact) mass is 396 g/mol. The molecule has 0 spiro atoms. The molecule has 1 aromatic heterocycles. The highest BCUT2D eigenvalue weighted by Gasteiger charge is 2.28. The molecule has 0 unspecified atom stereocenters. The van der Waals surface area contributed by atoms with Gasteiger partial charge in [0, 0.05) is 25.1 Å². The molecule has 1 aliphatic carbocycles. The summed E-state index contributed by atoms with van der Waals surface area (Å²) in [6.07, 6.45) is 2.88. The van der Waals surface area contributed by atoms with Crippen LogP contribution in [0.2, 0.25) is 0 Å². The summed E-state index contributed by atoms with van der Waals surface area (Å²) in [7, 11) is 0. The van der Waals surface area contributed by atoms with Gasteiger partial charge >= 0.3 is 0 Å². The topological polar surface area (TPSA) is 81.5 Å². The molecule has 156 valence electrons. The average Bonchev–Trinajstić information content (AvgIpc) is 3.56. The molecule has 6 nitrogen and oxygen atoms in total. The van der Waals surface area contributed by atoms with E-state index < -0.39 is 6.10 Å². The van der Waals surface area contributed by atoms with Crippen LogP contribution in [-0.4, -0.2) is 39.4 Å². The molecule has 1 aliphatic heterocycles. The largest absolute Gasteiger partial charge is 0.394 e. The van der Waals surface area contributed by atoms with Crippen LogP contribution in [0.1, 0.15) is 68.0 Å². The lowest BCUT2D eigenvalue weighted by Crippen LogP contribution is -2.33. The Labute approximate surface area is 173 Å². The van der Waals surface area contributed by atoms with Gasteiger partial charge in [0.1, 0.15) is 5.82 Å². The maximum Gasteiger partial charge on any atom is 0.225 e. The van der Waals surface area contributed by atoms with Crippen molar-refractivity contribution in [1.29, 1.82) is 0 Å². The number of nitrogens with zero attached hydrogens (tertiary/aromatic N) is 3. The first kappa shape index (κ1) is 20.1. The van der Waals surface area contributed by atoms with Crippen LogP contribution < -0.4 is 10.2 Å². The molecule has 2 atom stereocenters. The zero-order valence-corrected chi connectivity index (χ0v) is 17.6. The van der Waals surface area contributed by atoms with Crippen LogP contribution in [0.5, 0.6) is 0 Å². The number of aromatic nitrogens is 2. The first-order valence-electron chi connectivity index (χ1n) is 10.8. The van der Waals surface area contributed by atoms with Gasteiger partial charge in [-0.15, -0.1) is 0 Å². The Bertz CT molecular complexity index is 864. The normalized spacial score (nSPS) is 18.5. The predicted octanol–water partition coefficient (Wildman–Crippen LogP) is 3.40. The van der Waals surface area contributed by atoms with Crippen LogP contribution in [-0.2, 0) is 13.0 Å². The number of rotatable bonds is 7. The SMILES string of the molecule is CC(C)[C@@H](CO)Nc1nc(C2CC2)cc(N2CCc3cc([C@H](C)O)ccc3C2)n1. The van der Waals surface area contributed by atoms with E-state index in [0.717, 1.165) is 36.6 Å². The predicted molar refractivity (Wildman–Crippen MR) is 115 cm³/mol. The van der Waals surface area contributed by atoms with Crippen LogP contribution in [0.25, 0.3) is 0 Å². The van der Waals surface area contributed by atoms with Crippen LogP contribution in [0.3, 0.4) is 0 Å². The highest BCUT2D eigenvalue weighted by atomic mass is 16.3. The summed E-state index contributed by atoms with van der Waals surface area (Å²) >= 11 is 0. The van der Waals surface area contributed by atoms with Gasteiger partial charge in [-0.1, -0.05) is 32.0 Å². The van der Waals surface area contributed by atoms with Crippen molar-refractivity contribution in [1.82, 2.24) is 9.97 Å². The van der Waals surface area contributed by atoms with Crippen LogP contribution in [0.15, 0.2) is 24.3 Å². The maximum atomic E-state index is 9.85. The Kier molecular flexibility index (Phi) is 5.74. The van der Waals surface area contributed by atoms with Gasteiger partial charge in [-0.3, -0.25) is 0 Å². The van der Waals surface area contributed by atoms with E-state index in [1.165, 1.54) is 24.0 Å². The number of aliphatic hydroxyl groups is 2. The third-order valence-corrected chi connectivity index (χ3v) is 6.09. The van der Waals surface area contributed by atoms with E-state index in [0.29, 0.717) is 17.8 Å². The lowest BCUT2D eigenvalue weighted by atomic mass is 9.96. The van der Waals surface area contributed by atoms with Gasteiger partial charge in [0.15, 0.2) is 0 Å². The standard InChI is InChI=1S/C23H32N4O2/c1-14(2)21(13-28)25-23-24-20(16-4-5-16)11-22(26-23)27-9-8-18-10-17(15(3)29)6-7-19(18)12-27/h6-7,10-11,14-16,21,28-29H,4-5,8-9,12-13H2,1-3H3,(H,24,25,26)/t15-,21+/m0/s1. The summed E-state index contributed by atoms with van der Waals surface area (Å²) < 4.78 is 0. The van der Waals surface area contributed by atoms with Crippen molar-refractivity contribution < 1.29 is 10.2 Å². The summed E-state index contributed by atoms with van der Waals surface area (Å²) in [6.45, 7) is 7.74. The zero-order valence-electron chi connectivity index (χ0n) is 17.6. The van der Waals surface area contributed by atoms with Crippen LogP contribution in [0.4, 0.5) is 11.8 Å². The number of hydrogen-bond acceptors (Lipinski definition) is 6. The molecular formula is C23H32N4O2. The third kappa shape index (κ3) is 4.54. The number of nitrogens with one attached hydrogen (secondary N) is 1. The second-order valence-electron chi connectivity index (χ2n) is 8.80. The molecule has 2 aliphatic rings. The average molecular weight is 397 g/mol. The summed E-state index contributed by atoms with van der Waals surface area (Å²) in [6, 6.07) is 8.37. The maximum absolute atomic E-state index is 9.85. The van der Waals surface area contributed by atoms with E-state index >= 15 is 0 Å². The van der Waals surface area contributed by atoms with Gasteiger partial charge in [0.05, 0.1) is 24.4 Å². The van der Waals surface area contributed by atoms with Gasteiger partial charge in [0.25, 0.3) is 0 Å². The quantitative estimate of drug-likeness (QED) is 0.666. The minimum atomic E-state index is -0.435. The molecule has 0 saturated heterocycles. The molecule has 2 heterocycles. The van der Waals surface area contributed by atoms with E-state index in [9.17, 15) is 10.2 Å². The Balaban J connectivity index is 1.59. The fraction of sp³-hybridized carbons (Fsp3) is 0.565. The fourth-order valence-corrected chi connectivity index (χ4v) is 3.88.